The summed E-state index contributed by atoms with van der Waals surface area (Å²) < 4.78 is 4.81. The number of hydrogen-bond donors (Lipinski definition) is 1. The van der Waals surface area contributed by atoms with Gasteiger partial charge in [-0.25, -0.2) is 4.98 Å². The highest BCUT2D eigenvalue weighted by Gasteiger charge is 2.00. The molecular weight excluding hydrogens is 276 g/mol. The number of aromatic nitrogens is 3. The van der Waals surface area contributed by atoms with Crippen LogP contribution in [0.25, 0.3) is 0 Å². The lowest BCUT2D eigenvalue weighted by Crippen LogP contribution is -2.01. The molecule has 0 unspecified atom stereocenters. The molecule has 0 aliphatic rings. The van der Waals surface area contributed by atoms with E-state index in [0.717, 1.165) is 21.5 Å². The number of nitrogens with zero attached hydrogens (tertiary/aromatic N) is 3. The Hall–Kier alpha value is -1.01. The van der Waals surface area contributed by atoms with E-state index in [0.29, 0.717) is 6.54 Å². The van der Waals surface area contributed by atoms with Crippen LogP contribution < -0.4 is 5.32 Å². The Balaban J connectivity index is 2.02. The van der Waals surface area contributed by atoms with Gasteiger partial charge in [-0.15, -0.1) is 5.10 Å². The number of aryl methyl sites for hydroxylation is 1. The van der Waals surface area contributed by atoms with Crippen LogP contribution in [0.1, 0.15) is 11.3 Å². The average Bonchev–Trinajstić information content (AvgIpc) is 2.73. The normalized spacial score (nSPS) is 10.3. The summed E-state index contributed by atoms with van der Waals surface area (Å²) in [5, 5.41) is 9.04. The first-order valence-corrected chi connectivity index (χ1v) is 6.00. The monoisotopic (exact) mass is 284 g/mol. The van der Waals surface area contributed by atoms with Crippen molar-refractivity contribution in [1.82, 2.24) is 14.6 Å². The Labute approximate surface area is 100 Å². The molecule has 0 radical (unpaired) electrons. The van der Waals surface area contributed by atoms with Crippen LogP contribution in [0.2, 0.25) is 0 Å². The van der Waals surface area contributed by atoms with Gasteiger partial charge < -0.3 is 5.32 Å². The van der Waals surface area contributed by atoms with Crippen molar-refractivity contribution in [3.8, 4) is 0 Å². The Morgan fingerprint density at radius 3 is 3.07 bits per heavy atom. The van der Waals surface area contributed by atoms with Crippen molar-refractivity contribution in [2.24, 2.45) is 0 Å². The van der Waals surface area contributed by atoms with E-state index >= 15 is 0 Å². The van der Waals surface area contributed by atoms with Gasteiger partial charge in [0.25, 0.3) is 0 Å². The van der Waals surface area contributed by atoms with Crippen LogP contribution in [0.4, 0.5) is 5.82 Å². The number of pyridine rings is 1. The summed E-state index contributed by atoms with van der Waals surface area (Å²) in [7, 11) is 0. The number of rotatable bonds is 3. The first-order valence-electron chi connectivity index (χ1n) is 4.37. The second kappa shape index (κ2) is 4.67. The molecule has 0 saturated carbocycles. The number of hydrogen-bond acceptors (Lipinski definition) is 5. The van der Waals surface area contributed by atoms with Crippen LogP contribution in [-0.2, 0) is 6.54 Å². The SMILES string of the molecule is Cc1cc(NCc2csnn2)ncc1Br. The quantitative estimate of drug-likeness (QED) is 0.941. The number of nitrogens with one attached hydrogen (secondary N) is 1. The number of halogens is 1. The molecule has 0 fully saturated rings. The van der Waals surface area contributed by atoms with Crippen molar-refractivity contribution in [2.75, 3.05) is 5.32 Å². The van der Waals surface area contributed by atoms with Gasteiger partial charge in [-0.2, -0.15) is 0 Å². The Kier molecular flexibility index (Phi) is 3.27. The minimum atomic E-state index is 0.657. The first kappa shape index (κ1) is 10.5. The molecule has 1 N–H and O–H groups in total. The zero-order valence-electron chi connectivity index (χ0n) is 8.07. The van der Waals surface area contributed by atoms with Gasteiger partial charge in [0, 0.05) is 16.0 Å². The lowest BCUT2D eigenvalue weighted by Gasteiger charge is -2.04. The molecule has 0 saturated heterocycles. The van der Waals surface area contributed by atoms with E-state index in [-0.39, 0.29) is 0 Å². The zero-order chi connectivity index (χ0) is 10.7. The average molecular weight is 285 g/mol. The van der Waals surface area contributed by atoms with Crippen LogP contribution in [0.3, 0.4) is 0 Å². The summed E-state index contributed by atoms with van der Waals surface area (Å²) in [4.78, 5) is 4.24. The molecule has 0 spiro atoms. The standard InChI is InChI=1S/C9H9BrN4S/c1-6-2-9(12-4-8(6)10)11-3-7-5-15-14-13-7/h2,4-5H,3H2,1H3,(H,11,12). The lowest BCUT2D eigenvalue weighted by atomic mass is 10.3. The molecule has 0 aliphatic heterocycles. The predicted octanol–water partition coefficient (Wildman–Crippen LogP) is 2.62. The molecule has 2 aromatic heterocycles. The third kappa shape index (κ3) is 2.73. The van der Waals surface area contributed by atoms with Crippen molar-refractivity contribution in [1.29, 1.82) is 0 Å². The van der Waals surface area contributed by atoms with Gasteiger partial charge in [0.05, 0.1) is 12.2 Å². The Morgan fingerprint density at radius 1 is 1.53 bits per heavy atom. The maximum absolute atomic E-state index is 4.24. The van der Waals surface area contributed by atoms with E-state index in [1.54, 1.807) is 6.20 Å². The molecule has 4 nitrogen and oxygen atoms in total. The molecule has 78 valence electrons. The molecule has 0 aliphatic carbocycles. The van der Waals surface area contributed by atoms with Crippen LogP contribution in [0.15, 0.2) is 22.1 Å². The van der Waals surface area contributed by atoms with E-state index in [2.05, 4.69) is 35.8 Å². The third-order valence-corrected chi connectivity index (χ3v) is 3.29. The van der Waals surface area contributed by atoms with Crippen molar-refractivity contribution in [3.63, 3.8) is 0 Å². The van der Waals surface area contributed by atoms with Crippen molar-refractivity contribution in [2.45, 2.75) is 13.5 Å². The molecule has 2 heterocycles. The Morgan fingerprint density at radius 2 is 2.40 bits per heavy atom. The van der Waals surface area contributed by atoms with Crippen LogP contribution >= 0.6 is 27.5 Å². The van der Waals surface area contributed by atoms with E-state index in [1.165, 1.54) is 11.5 Å². The molecular formula is C9H9BrN4S. The molecule has 0 atom stereocenters. The molecule has 15 heavy (non-hydrogen) atoms. The summed E-state index contributed by atoms with van der Waals surface area (Å²) in [6.45, 7) is 2.69. The van der Waals surface area contributed by atoms with Crippen molar-refractivity contribution < 1.29 is 0 Å². The molecule has 2 aromatic rings. The molecule has 0 bridgehead atoms. The fourth-order valence-electron chi connectivity index (χ4n) is 1.08. The summed E-state index contributed by atoms with van der Waals surface area (Å²) in [5.74, 6) is 0.851. The van der Waals surface area contributed by atoms with Gasteiger partial charge in [0.15, 0.2) is 0 Å². The smallest absolute Gasteiger partial charge is 0.126 e. The van der Waals surface area contributed by atoms with Crippen LogP contribution in [-0.4, -0.2) is 14.6 Å². The molecule has 0 amide bonds. The van der Waals surface area contributed by atoms with E-state index in [1.807, 2.05) is 18.4 Å². The zero-order valence-corrected chi connectivity index (χ0v) is 10.5. The fraction of sp³-hybridized carbons (Fsp3) is 0.222. The van der Waals surface area contributed by atoms with Crippen molar-refractivity contribution in [3.05, 3.63) is 33.4 Å². The predicted molar refractivity (Wildman–Crippen MR) is 63.9 cm³/mol. The summed E-state index contributed by atoms with van der Waals surface area (Å²) in [6, 6.07) is 1.99. The number of anilines is 1. The largest absolute Gasteiger partial charge is 0.364 e. The maximum Gasteiger partial charge on any atom is 0.126 e. The van der Waals surface area contributed by atoms with Gasteiger partial charge in [-0.1, -0.05) is 4.49 Å². The van der Waals surface area contributed by atoms with Gasteiger partial charge in [-0.3, -0.25) is 0 Å². The fourth-order valence-corrected chi connectivity index (χ4v) is 1.75. The van der Waals surface area contributed by atoms with E-state index in [9.17, 15) is 0 Å². The topological polar surface area (TPSA) is 50.7 Å². The Bertz CT molecular complexity index is 443. The van der Waals surface area contributed by atoms with Gasteiger partial charge in [0.2, 0.25) is 0 Å². The van der Waals surface area contributed by atoms with E-state index < -0.39 is 0 Å². The van der Waals surface area contributed by atoms with Crippen LogP contribution in [0, 0.1) is 6.92 Å². The van der Waals surface area contributed by atoms with Gasteiger partial charge in [0.1, 0.15) is 5.82 Å². The first-order chi connectivity index (χ1) is 7.25. The summed E-state index contributed by atoms with van der Waals surface area (Å²) >= 11 is 4.76. The second-order valence-corrected chi connectivity index (χ2v) is 4.53. The summed E-state index contributed by atoms with van der Waals surface area (Å²) in [5.41, 5.74) is 2.09. The lowest BCUT2D eigenvalue weighted by molar-refractivity contribution is 0.988. The highest BCUT2D eigenvalue weighted by molar-refractivity contribution is 9.10. The minimum Gasteiger partial charge on any atom is -0.364 e. The molecule has 0 aromatic carbocycles. The molecule has 6 heteroatoms. The van der Waals surface area contributed by atoms with Gasteiger partial charge in [-0.05, 0) is 46.0 Å². The second-order valence-electron chi connectivity index (χ2n) is 3.07. The highest BCUT2D eigenvalue weighted by Crippen LogP contribution is 2.17. The van der Waals surface area contributed by atoms with Crippen molar-refractivity contribution >= 4 is 33.3 Å². The van der Waals surface area contributed by atoms with Gasteiger partial charge >= 0.3 is 0 Å². The van der Waals surface area contributed by atoms with Crippen LogP contribution in [0.5, 0.6) is 0 Å². The van der Waals surface area contributed by atoms with E-state index in [4.69, 9.17) is 0 Å². The maximum atomic E-state index is 4.24. The third-order valence-electron chi connectivity index (χ3n) is 1.90. The highest BCUT2D eigenvalue weighted by atomic mass is 79.9. The summed E-state index contributed by atoms with van der Waals surface area (Å²) in [6.07, 6.45) is 1.79. The molecule has 2 rings (SSSR count). The minimum absolute atomic E-state index is 0.657.